The molecule has 0 aliphatic heterocycles. The second-order valence-electron chi connectivity index (χ2n) is 8.37. The van der Waals surface area contributed by atoms with E-state index in [1.54, 1.807) is 30.8 Å². The second-order valence-corrected chi connectivity index (χ2v) is 11.7. The number of carbonyl (C=O) groups excluding carboxylic acids is 1. The van der Waals surface area contributed by atoms with Gasteiger partial charge in [-0.2, -0.15) is 24.9 Å². The molecule has 0 heterocycles. The van der Waals surface area contributed by atoms with E-state index in [0.717, 1.165) is 34.6 Å². The lowest BCUT2D eigenvalue weighted by molar-refractivity contribution is -0.137. The summed E-state index contributed by atoms with van der Waals surface area (Å²) in [5.41, 5.74) is 1.59. The minimum Gasteiger partial charge on any atom is -0.354 e. The summed E-state index contributed by atoms with van der Waals surface area (Å²) in [5, 5.41) is 2.08. The summed E-state index contributed by atoms with van der Waals surface area (Å²) in [7, 11) is -4.36. The molecule has 1 N–H and O–H groups in total. The van der Waals surface area contributed by atoms with Gasteiger partial charge in [-0.1, -0.05) is 59.1 Å². The number of rotatable bonds is 10. The van der Waals surface area contributed by atoms with Gasteiger partial charge in [-0.15, -0.1) is 0 Å². The van der Waals surface area contributed by atoms with Crippen molar-refractivity contribution in [3.05, 3.63) is 94.0 Å². The zero-order chi connectivity index (χ0) is 27.2. The molecule has 0 aliphatic rings. The number of alkyl halides is 3. The number of benzene rings is 3. The van der Waals surface area contributed by atoms with Crippen molar-refractivity contribution in [2.45, 2.75) is 30.7 Å². The van der Waals surface area contributed by atoms with Crippen LogP contribution < -0.4 is 9.62 Å². The number of nitrogens with zero attached hydrogens (tertiary/aromatic N) is 1. The molecule has 0 aliphatic carbocycles. The first-order chi connectivity index (χ1) is 17.4. The fourth-order valence-corrected chi connectivity index (χ4v) is 5.82. The number of anilines is 1. The fourth-order valence-electron chi connectivity index (χ4n) is 3.36. The first-order valence-corrected chi connectivity index (χ1v) is 14.2. The van der Waals surface area contributed by atoms with E-state index in [1.807, 2.05) is 31.2 Å². The number of aryl methyl sites for hydroxylation is 2. The third-order valence-corrected chi connectivity index (χ3v) is 8.55. The van der Waals surface area contributed by atoms with Crippen LogP contribution in [0.25, 0.3) is 0 Å². The van der Waals surface area contributed by atoms with Crippen LogP contribution >= 0.6 is 23.4 Å². The van der Waals surface area contributed by atoms with Crippen molar-refractivity contribution in [3.63, 3.8) is 0 Å². The van der Waals surface area contributed by atoms with Gasteiger partial charge in [0, 0.05) is 18.1 Å². The van der Waals surface area contributed by atoms with Crippen molar-refractivity contribution >= 4 is 45.0 Å². The molecule has 37 heavy (non-hydrogen) atoms. The summed E-state index contributed by atoms with van der Waals surface area (Å²) < 4.78 is 67.9. The van der Waals surface area contributed by atoms with E-state index in [0.29, 0.717) is 16.1 Å². The van der Waals surface area contributed by atoms with Crippen LogP contribution in [0.15, 0.2) is 71.6 Å². The van der Waals surface area contributed by atoms with Gasteiger partial charge in [-0.3, -0.25) is 9.10 Å². The van der Waals surface area contributed by atoms with Crippen molar-refractivity contribution in [2.24, 2.45) is 0 Å². The third-order valence-electron chi connectivity index (χ3n) is 5.40. The smallest absolute Gasteiger partial charge is 0.354 e. The maximum Gasteiger partial charge on any atom is 0.417 e. The van der Waals surface area contributed by atoms with Crippen LogP contribution in [0.2, 0.25) is 5.02 Å². The van der Waals surface area contributed by atoms with Gasteiger partial charge in [0.15, 0.2) is 0 Å². The molecule has 0 radical (unpaired) electrons. The average Bonchev–Trinajstić information content (AvgIpc) is 2.83. The Morgan fingerprint density at radius 2 is 1.57 bits per heavy atom. The average molecular weight is 571 g/mol. The van der Waals surface area contributed by atoms with Crippen LogP contribution in [0.4, 0.5) is 18.9 Å². The molecule has 3 rings (SSSR count). The number of halogens is 4. The van der Waals surface area contributed by atoms with Gasteiger partial charge < -0.3 is 5.32 Å². The number of carbonyl (C=O) groups is 1. The zero-order valence-corrected chi connectivity index (χ0v) is 22.6. The van der Waals surface area contributed by atoms with Crippen molar-refractivity contribution in [1.29, 1.82) is 0 Å². The van der Waals surface area contributed by atoms with Crippen molar-refractivity contribution < 1.29 is 26.4 Å². The summed E-state index contributed by atoms with van der Waals surface area (Å²) in [5.74, 6) is 0.675. The normalized spacial score (nSPS) is 11.8. The first kappa shape index (κ1) is 28.9. The number of hydrogen-bond donors (Lipinski definition) is 1. The molecular weight excluding hydrogens is 545 g/mol. The monoisotopic (exact) mass is 570 g/mol. The highest BCUT2D eigenvalue weighted by Gasteiger charge is 2.35. The van der Waals surface area contributed by atoms with E-state index in [9.17, 15) is 26.4 Å². The molecule has 0 spiro atoms. The molecule has 1 amide bonds. The molecule has 0 saturated heterocycles. The van der Waals surface area contributed by atoms with Crippen LogP contribution in [0, 0.1) is 13.8 Å². The number of sulfonamides is 1. The van der Waals surface area contributed by atoms with Gasteiger partial charge in [0.05, 0.1) is 21.2 Å². The molecule has 11 heteroatoms. The predicted molar refractivity (Wildman–Crippen MR) is 143 cm³/mol. The summed E-state index contributed by atoms with van der Waals surface area (Å²) in [4.78, 5) is 12.6. The Hall–Kier alpha value is -2.69. The van der Waals surface area contributed by atoms with Gasteiger partial charge in [0.2, 0.25) is 5.91 Å². The first-order valence-electron chi connectivity index (χ1n) is 11.2. The van der Waals surface area contributed by atoms with E-state index in [4.69, 9.17) is 11.6 Å². The Morgan fingerprint density at radius 3 is 2.16 bits per heavy atom. The Balaban J connectivity index is 1.76. The molecule has 198 valence electrons. The van der Waals surface area contributed by atoms with Gasteiger partial charge in [-0.25, -0.2) is 8.42 Å². The molecule has 3 aromatic rings. The summed E-state index contributed by atoms with van der Waals surface area (Å²) in [6.45, 7) is 3.34. The molecule has 0 unspecified atom stereocenters. The van der Waals surface area contributed by atoms with E-state index in [2.05, 4.69) is 5.32 Å². The molecule has 0 bridgehead atoms. The Bertz CT molecular complexity index is 1330. The van der Waals surface area contributed by atoms with Gasteiger partial charge in [0.25, 0.3) is 10.0 Å². The predicted octanol–water partition coefficient (Wildman–Crippen LogP) is 6.22. The lowest BCUT2D eigenvalue weighted by Gasteiger charge is -2.25. The van der Waals surface area contributed by atoms with Crippen LogP contribution in [0.1, 0.15) is 22.3 Å². The molecule has 0 aromatic heterocycles. The van der Waals surface area contributed by atoms with Crippen LogP contribution in [0.3, 0.4) is 0 Å². The summed E-state index contributed by atoms with van der Waals surface area (Å²) in [6, 6.07) is 16.7. The molecule has 0 fully saturated rings. The standard InChI is InChI=1S/C26H26ClF3N2O3S2/c1-18-3-7-20(8-4-18)17-36-14-13-31-25(33)16-32(37(34,35)22-10-5-19(2)6-11-22)21-9-12-24(27)23(15-21)26(28,29)30/h3-12,15H,13-14,16-17H2,1-2H3,(H,31,33). The fraction of sp³-hybridized carbons (Fsp3) is 0.269. The van der Waals surface area contributed by atoms with Gasteiger partial charge in [-0.05, 0) is 49.7 Å². The highest BCUT2D eigenvalue weighted by atomic mass is 35.5. The molecule has 0 saturated carbocycles. The summed E-state index contributed by atoms with van der Waals surface area (Å²) >= 11 is 7.31. The summed E-state index contributed by atoms with van der Waals surface area (Å²) in [6.07, 6.45) is -4.80. The quantitative estimate of drug-likeness (QED) is 0.294. The Morgan fingerprint density at radius 1 is 0.973 bits per heavy atom. The van der Waals surface area contributed by atoms with Gasteiger partial charge in [0.1, 0.15) is 6.54 Å². The van der Waals surface area contributed by atoms with E-state index in [-0.39, 0.29) is 17.1 Å². The van der Waals surface area contributed by atoms with E-state index >= 15 is 0 Å². The zero-order valence-electron chi connectivity index (χ0n) is 20.2. The maximum atomic E-state index is 13.5. The Kier molecular flexibility index (Phi) is 9.55. The Labute approximate surface area is 224 Å². The lowest BCUT2D eigenvalue weighted by atomic mass is 10.2. The number of amides is 1. The minimum absolute atomic E-state index is 0.150. The highest BCUT2D eigenvalue weighted by molar-refractivity contribution is 7.98. The topological polar surface area (TPSA) is 66.5 Å². The van der Waals surface area contributed by atoms with Crippen molar-refractivity contribution in [1.82, 2.24) is 5.32 Å². The van der Waals surface area contributed by atoms with Crippen LogP contribution in [-0.4, -0.2) is 33.2 Å². The second kappa shape index (κ2) is 12.2. The van der Waals surface area contributed by atoms with Crippen molar-refractivity contribution in [2.75, 3.05) is 23.1 Å². The molecule has 0 atom stereocenters. The van der Waals surface area contributed by atoms with Crippen LogP contribution in [0.5, 0.6) is 0 Å². The number of hydrogen-bond acceptors (Lipinski definition) is 4. The largest absolute Gasteiger partial charge is 0.417 e. The SMILES string of the molecule is Cc1ccc(CSCCNC(=O)CN(c2ccc(Cl)c(C(F)(F)F)c2)S(=O)(=O)c2ccc(C)cc2)cc1. The lowest BCUT2D eigenvalue weighted by Crippen LogP contribution is -2.41. The van der Waals surface area contributed by atoms with Gasteiger partial charge >= 0.3 is 6.18 Å². The van der Waals surface area contributed by atoms with E-state index in [1.165, 1.54) is 12.1 Å². The molecule has 3 aromatic carbocycles. The van der Waals surface area contributed by atoms with E-state index < -0.39 is 39.2 Å². The minimum atomic E-state index is -4.80. The highest BCUT2D eigenvalue weighted by Crippen LogP contribution is 2.38. The third kappa shape index (κ3) is 7.90. The van der Waals surface area contributed by atoms with Crippen molar-refractivity contribution in [3.8, 4) is 0 Å². The molecular formula is C26H26ClF3N2O3S2. The number of thioether (sulfide) groups is 1. The molecule has 5 nitrogen and oxygen atoms in total. The van der Waals surface area contributed by atoms with Crippen LogP contribution in [-0.2, 0) is 26.7 Å². The maximum absolute atomic E-state index is 13.5. The number of nitrogens with one attached hydrogen (secondary N) is 1.